The largest absolute Gasteiger partial charge is 0.316 e. The third-order valence-electron chi connectivity index (χ3n) is 3.87. The van der Waals surface area contributed by atoms with Crippen LogP contribution < -0.4 is 5.32 Å². The molecule has 0 bridgehead atoms. The van der Waals surface area contributed by atoms with E-state index >= 15 is 0 Å². The third kappa shape index (κ3) is 3.34. The van der Waals surface area contributed by atoms with Crippen LogP contribution in [0, 0.1) is 5.92 Å². The molecule has 2 heterocycles. The van der Waals surface area contributed by atoms with E-state index in [1.54, 1.807) is 10.4 Å². The second kappa shape index (κ2) is 6.69. The monoisotopic (exact) mass is 266 g/mol. The molecule has 0 saturated carbocycles. The van der Waals surface area contributed by atoms with Crippen LogP contribution in [-0.2, 0) is 6.42 Å². The van der Waals surface area contributed by atoms with Crippen molar-refractivity contribution in [1.29, 1.82) is 0 Å². The molecule has 1 aromatic rings. The van der Waals surface area contributed by atoms with E-state index in [2.05, 4.69) is 42.4 Å². The van der Waals surface area contributed by atoms with E-state index in [1.165, 1.54) is 25.9 Å². The fraction of sp³-hybridized carbons (Fsp3) is 0.733. The van der Waals surface area contributed by atoms with Gasteiger partial charge in [0, 0.05) is 24.0 Å². The molecule has 2 nitrogen and oxygen atoms in total. The maximum absolute atomic E-state index is 3.53. The smallest absolute Gasteiger partial charge is 0.0331 e. The molecule has 0 amide bonds. The first-order chi connectivity index (χ1) is 8.72. The minimum atomic E-state index is 0.605. The highest BCUT2D eigenvalue weighted by molar-refractivity contribution is 7.10. The van der Waals surface area contributed by atoms with Gasteiger partial charge in [0.15, 0.2) is 0 Å². The van der Waals surface area contributed by atoms with Crippen molar-refractivity contribution < 1.29 is 0 Å². The molecule has 2 rings (SSSR count). The summed E-state index contributed by atoms with van der Waals surface area (Å²) in [5, 5.41) is 5.78. The fourth-order valence-electron chi connectivity index (χ4n) is 2.80. The van der Waals surface area contributed by atoms with E-state index in [0.717, 1.165) is 19.0 Å². The van der Waals surface area contributed by atoms with Crippen LogP contribution in [0.3, 0.4) is 0 Å². The predicted octanol–water partition coefficient (Wildman–Crippen LogP) is 3.30. The van der Waals surface area contributed by atoms with Crippen molar-refractivity contribution in [1.82, 2.24) is 10.2 Å². The highest BCUT2D eigenvalue weighted by Crippen LogP contribution is 2.32. The number of fused-ring (bicyclic) bond motifs is 1. The van der Waals surface area contributed by atoms with Crippen LogP contribution in [0.15, 0.2) is 11.4 Å². The van der Waals surface area contributed by atoms with Crippen LogP contribution in [0.25, 0.3) is 0 Å². The Kier molecular flexibility index (Phi) is 5.22. The molecule has 1 aliphatic heterocycles. The Balaban J connectivity index is 1.84. The molecule has 2 atom stereocenters. The fourth-order valence-corrected chi connectivity index (χ4v) is 3.76. The molecule has 102 valence electrons. The van der Waals surface area contributed by atoms with E-state index in [-0.39, 0.29) is 0 Å². The summed E-state index contributed by atoms with van der Waals surface area (Å²) >= 11 is 1.93. The molecule has 3 heteroatoms. The molecular formula is C15H26N2S. The summed E-state index contributed by atoms with van der Waals surface area (Å²) < 4.78 is 0. The van der Waals surface area contributed by atoms with E-state index in [9.17, 15) is 0 Å². The third-order valence-corrected chi connectivity index (χ3v) is 4.87. The van der Waals surface area contributed by atoms with Gasteiger partial charge in [-0.3, -0.25) is 4.90 Å². The molecule has 0 saturated heterocycles. The van der Waals surface area contributed by atoms with Crippen molar-refractivity contribution in [3.05, 3.63) is 21.9 Å². The summed E-state index contributed by atoms with van der Waals surface area (Å²) in [7, 11) is 0. The van der Waals surface area contributed by atoms with E-state index in [4.69, 9.17) is 0 Å². The summed E-state index contributed by atoms with van der Waals surface area (Å²) in [6.45, 7) is 11.7. The number of nitrogens with one attached hydrogen (secondary N) is 1. The first-order valence-electron chi connectivity index (χ1n) is 7.23. The Hall–Kier alpha value is -0.380. The van der Waals surface area contributed by atoms with Crippen molar-refractivity contribution >= 4 is 11.3 Å². The lowest BCUT2D eigenvalue weighted by Crippen LogP contribution is -2.38. The van der Waals surface area contributed by atoms with Crippen LogP contribution in [0.5, 0.6) is 0 Å². The van der Waals surface area contributed by atoms with Gasteiger partial charge < -0.3 is 5.32 Å². The zero-order valence-corrected chi connectivity index (χ0v) is 12.7. The summed E-state index contributed by atoms with van der Waals surface area (Å²) in [5.41, 5.74) is 1.57. The highest BCUT2D eigenvalue weighted by Gasteiger charge is 2.25. The van der Waals surface area contributed by atoms with Gasteiger partial charge in [-0.25, -0.2) is 0 Å². The molecule has 0 spiro atoms. The number of rotatable bonds is 6. The van der Waals surface area contributed by atoms with E-state index in [1.807, 2.05) is 11.3 Å². The van der Waals surface area contributed by atoms with Crippen LogP contribution in [0.2, 0.25) is 0 Å². The van der Waals surface area contributed by atoms with Crippen LogP contribution in [0.1, 0.15) is 43.7 Å². The predicted molar refractivity (Wildman–Crippen MR) is 80.3 cm³/mol. The Morgan fingerprint density at radius 2 is 2.39 bits per heavy atom. The maximum atomic E-state index is 3.53. The average molecular weight is 266 g/mol. The molecule has 0 aliphatic carbocycles. The van der Waals surface area contributed by atoms with Crippen molar-refractivity contribution in [2.75, 3.05) is 26.2 Å². The number of thiophene rings is 1. The molecule has 2 unspecified atom stereocenters. The first kappa shape index (κ1) is 14.0. The van der Waals surface area contributed by atoms with Crippen LogP contribution >= 0.6 is 11.3 Å². The van der Waals surface area contributed by atoms with Gasteiger partial charge in [-0.1, -0.05) is 13.8 Å². The second-order valence-corrected chi connectivity index (χ2v) is 6.53. The minimum absolute atomic E-state index is 0.605. The average Bonchev–Trinajstić information content (AvgIpc) is 2.82. The lowest BCUT2D eigenvalue weighted by atomic mass is 10.00. The Morgan fingerprint density at radius 3 is 3.17 bits per heavy atom. The lowest BCUT2D eigenvalue weighted by Gasteiger charge is -2.35. The quantitative estimate of drug-likeness (QED) is 0.795. The molecule has 1 N–H and O–H groups in total. The Morgan fingerprint density at radius 1 is 1.56 bits per heavy atom. The minimum Gasteiger partial charge on any atom is -0.316 e. The molecule has 0 fully saturated rings. The van der Waals surface area contributed by atoms with Crippen molar-refractivity contribution in [3.63, 3.8) is 0 Å². The van der Waals surface area contributed by atoms with Gasteiger partial charge in [0.1, 0.15) is 0 Å². The van der Waals surface area contributed by atoms with Gasteiger partial charge in [-0.15, -0.1) is 11.3 Å². The highest BCUT2D eigenvalue weighted by atomic mass is 32.1. The van der Waals surface area contributed by atoms with Gasteiger partial charge in [0.25, 0.3) is 0 Å². The van der Waals surface area contributed by atoms with E-state index in [0.29, 0.717) is 6.04 Å². The van der Waals surface area contributed by atoms with Gasteiger partial charge in [-0.2, -0.15) is 0 Å². The number of nitrogens with zero attached hydrogens (tertiary/aromatic N) is 1. The zero-order valence-electron chi connectivity index (χ0n) is 11.9. The molecule has 0 aromatic carbocycles. The molecule has 0 radical (unpaired) electrons. The standard InChI is InChI=1S/C15H26N2S/c1-4-7-16-10-12(2)11-17-8-5-15-14(13(17)3)6-9-18-15/h6,9,12-13,16H,4-5,7-8,10-11H2,1-3H3. The summed E-state index contributed by atoms with van der Waals surface area (Å²) in [6.07, 6.45) is 2.47. The SMILES string of the molecule is CCCNCC(C)CN1CCc2sccc2C1C. The summed E-state index contributed by atoms with van der Waals surface area (Å²) in [5.74, 6) is 0.735. The van der Waals surface area contributed by atoms with Gasteiger partial charge in [-0.05, 0) is 55.8 Å². The van der Waals surface area contributed by atoms with Crippen molar-refractivity contribution in [3.8, 4) is 0 Å². The van der Waals surface area contributed by atoms with Gasteiger partial charge in [0.2, 0.25) is 0 Å². The van der Waals surface area contributed by atoms with Crippen molar-refractivity contribution in [2.45, 2.75) is 39.7 Å². The molecule has 18 heavy (non-hydrogen) atoms. The van der Waals surface area contributed by atoms with Crippen LogP contribution in [-0.4, -0.2) is 31.1 Å². The summed E-state index contributed by atoms with van der Waals surface area (Å²) in [4.78, 5) is 4.25. The van der Waals surface area contributed by atoms with Crippen LogP contribution in [0.4, 0.5) is 0 Å². The normalized spacial score (nSPS) is 21.8. The Labute approximate surface area is 115 Å². The number of hydrogen-bond acceptors (Lipinski definition) is 3. The van der Waals surface area contributed by atoms with Crippen molar-refractivity contribution in [2.24, 2.45) is 5.92 Å². The molecule has 1 aliphatic rings. The van der Waals surface area contributed by atoms with Gasteiger partial charge in [0.05, 0.1) is 0 Å². The van der Waals surface area contributed by atoms with Gasteiger partial charge >= 0.3 is 0 Å². The second-order valence-electron chi connectivity index (χ2n) is 5.53. The molecular weight excluding hydrogens is 240 g/mol. The summed E-state index contributed by atoms with van der Waals surface area (Å²) in [6, 6.07) is 2.92. The number of hydrogen-bond donors (Lipinski definition) is 1. The lowest BCUT2D eigenvalue weighted by molar-refractivity contribution is 0.172. The van der Waals surface area contributed by atoms with E-state index < -0.39 is 0 Å². The first-order valence-corrected chi connectivity index (χ1v) is 8.11. The maximum Gasteiger partial charge on any atom is 0.0331 e. The zero-order chi connectivity index (χ0) is 13.0. The Bertz CT molecular complexity index is 361. The molecule has 1 aromatic heterocycles. The topological polar surface area (TPSA) is 15.3 Å².